The van der Waals surface area contributed by atoms with Gasteiger partial charge in [-0.25, -0.2) is 0 Å². The van der Waals surface area contributed by atoms with Crippen molar-refractivity contribution < 1.29 is 14.3 Å². The number of nitrogens with zero attached hydrogens (tertiary/aromatic N) is 1. The maximum Gasteiger partial charge on any atom is 0.258 e. The Hall–Kier alpha value is -1.69. The highest BCUT2D eigenvalue weighted by Crippen LogP contribution is 2.22. The Balaban J connectivity index is 1.92. The van der Waals surface area contributed by atoms with E-state index in [4.69, 9.17) is 4.74 Å². The fraction of sp³-hybridized carbons (Fsp3) is 0.600. The number of carbonyl (C=O) groups is 2. The van der Waals surface area contributed by atoms with E-state index in [-0.39, 0.29) is 18.4 Å². The molecular formula is C20H30N2O3S. The van der Waals surface area contributed by atoms with Gasteiger partial charge in [-0.3, -0.25) is 9.59 Å². The molecule has 3 atom stereocenters. The molecule has 5 nitrogen and oxygen atoms in total. The summed E-state index contributed by atoms with van der Waals surface area (Å²) in [6, 6.07) is 8.74. The largest absolute Gasteiger partial charge is 0.484 e. The first-order valence-electron chi connectivity index (χ1n) is 9.24. The molecule has 26 heavy (non-hydrogen) atoms. The first kappa shape index (κ1) is 20.6. The third kappa shape index (κ3) is 6.56. The Bertz CT molecular complexity index is 572. The van der Waals surface area contributed by atoms with Crippen LogP contribution in [0.25, 0.3) is 0 Å². The number of hydrogen-bond donors (Lipinski definition) is 1. The van der Waals surface area contributed by atoms with E-state index in [1.54, 1.807) is 23.9 Å². The smallest absolute Gasteiger partial charge is 0.258 e. The Kier molecular flexibility index (Phi) is 8.29. The number of carbonyl (C=O) groups excluding carboxylic acids is 2. The van der Waals surface area contributed by atoms with E-state index in [1.165, 1.54) is 0 Å². The van der Waals surface area contributed by atoms with Gasteiger partial charge in [0.2, 0.25) is 5.91 Å². The van der Waals surface area contributed by atoms with Gasteiger partial charge in [0.1, 0.15) is 11.8 Å². The van der Waals surface area contributed by atoms with Crippen LogP contribution in [-0.2, 0) is 9.59 Å². The van der Waals surface area contributed by atoms with Gasteiger partial charge in [-0.2, -0.15) is 11.8 Å². The Morgan fingerprint density at radius 1 is 1.23 bits per heavy atom. The highest BCUT2D eigenvalue weighted by molar-refractivity contribution is 7.98. The second kappa shape index (κ2) is 10.5. The van der Waals surface area contributed by atoms with Crippen LogP contribution in [-0.4, -0.2) is 54.5 Å². The minimum absolute atomic E-state index is 0.0329. The van der Waals surface area contributed by atoms with Crippen LogP contribution in [0.3, 0.4) is 0 Å². The van der Waals surface area contributed by atoms with E-state index in [2.05, 4.69) is 19.2 Å². The van der Waals surface area contributed by atoms with Crippen LogP contribution in [0, 0.1) is 11.8 Å². The highest BCUT2D eigenvalue weighted by atomic mass is 32.2. The molecule has 1 aromatic rings. The molecule has 2 amide bonds. The van der Waals surface area contributed by atoms with E-state index in [0.29, 0.717) is 24.0 Å². The van der Waals surface area contributed by atoms with Crippen molar-refractivity contribution in [2.45, 2.75) is 32.7 Å². The first-order chi connectivity index (χ1) is 12.5. The van der Waals surface area contributed by atoms with Crippen LogP contribution in [0.5, 0.6) is 5.75 Å². The van der Waals surface area contributed by atoms with Gasteiger partial charge in [-0.1, -0.05) is 32.0 Å². The number of ether oxygens (including phenoxy) is 1. The van der Waals surface area contributed by atoms with Gasteiger partial charge in [0.25, 0.3) is 5.91 Å². The quantitative estimate of drug-likeness (QED) is 0.756. The zero-order valence-corrected chi connectivity index (χ0v) is 16.8. The van der Waals surface area contributed by atoms with Crippen molar-refractivity contribution in [1.29, 1.82) is 0 Å². The summed E-state index contributed by atoms with van der Waals surface area (Å²) in [5, 5.41) is 2.88. The standard InChI is InChI=1S/C20H30N2O3S/c1-15-11-16(2)13-22(12-15)20(24)18(9-10-26-3)21-19(23)14-25-17-7-5-4-6-8-17/h4-8,15-16,18H,9-14H2,1-3H3,(H,21,23)/t15-,16-,18-/m1/s1. The number of nitrogens with one attached hydrogen (secondary N) is 1. The number of amides is 2. The SMILES string of the molecule is CSCC[C@@H](NC(=O)COc1ccccc1)C(=O)N1C[C@H](C)C[C@@H](C)C1. The predicted octanol–water partition coefficient (Wildman–Crippen LogP) is 2.81. The third-order valence-corrected chi connectivity index (χ3v) is 5.18. The summed E-state index contributed by atoms with van der Waals surface area (Å²) >= 11 is 1.68. The third-order valence-electron chi connectivity index (χ3n) is 4.54. The lowest BCUT2D eigenvalue weighted by molar-refractivity contribution is -0.139. The van der Waals surface area contributed by atoms with Gasteiger partial charge in [0.15, 0.2) is 6.61 Å². The van der Waals surface area contributed by atoms with E-state index in [1.807, 2.05) is 29.4 Å². The average molecular weight is 379 g/mol. The number of thioether (sulfide) groups is 1. The zero-order valence-electron chi connectivity index (χ0n) is 15.9. The molecule has 1 heterocycles. The second-order valence-corrected chi connectivity index (χ2v) is 8.18. The molecule has 0 radical (unpaired) electrons. The summed E-state index contributed by atoms with van der Waals surface area (Å²) in [4.78, 5) is 27.2. The molecule has 0 unspecified atom stereocenters. The number of rotatable bonds is 8. The van der Waals surface area contributed by atoms with E-state index < -0.39 is 6.04 Å². The molecule has 0 aromatic heterocycles. The number of para-hydroxylation sites is 1. The second-order valence-electron chi connectivity index (χ2n) is 7.19. The van der Waals surface area contributed by atoms with E-state index in [9.17, 15) is 9.59 Å². The highest BCUT2D eigenvalue weighted by Gasteiger charge is 2.30. The van der Waals surface area contributed by atoms with Crippen LogP contribution in [0.2, 0.25) is 0 Å². The van der Waals surface area contributed by atoms with Crippen LogP contribution in [0.1, 0.15) is 26.7 Å². The molecule has 1 aromatic carbocycles. The summed E-state index contributed by atoms with van der Waals surface area (Å²) in [5.41, 5.74) is 0. The van der Waals surface area contributed by atoms with Crippen LogP contribution >= 0.6 is 11.8 Å². The summed E-state index contributed by atoms with van der Waals surface area (Å²) < 4.78 is 5.49. The molecule has 1 saturated heterocycles. The molecule has 0 spiro atoms. The molecular weight excluding hydrogens is 348 g/mol. The lowest BCUT2D eigenvalue weighted by Gasteiger charge is -2.37. The molecule has 1 N–H and O–H groups in total. The summed E-state index contributed by atoms with van der Waals surface area (Å²) in [6.45, 7) is 5.82. The number of piperidine rings is 1. The van der Waals surface area contributed by atoms with Crippen molar-refractivity contribution in [2.24, 2.45) is 11.8 Å². The minimum atomic E-state index is -0.480. The van der Waals surface area contributed by atoms with Crippen LogP contribution in [0.15, 0.2) is 30.3 Å². The summed E-state index contributed by atoms with van der Waals surface area (Å²) in [7, 11) is 0. The van der Waals surface area contributed by atoms with Crippen molar-refractivity contribution in [1.82, 2.24) is 10.2 Å². The van der Waals surface area contributed by atoms with Crippen molar-refractivity contribution in [3.05, 3.63) is 30.3 Å². The molecule has 1 fully saturated rings. The van der Waals surface area contributed by atoms with Gasteiger partial charge in [0, 0.05) is 13.1 Å². The van der Waals surface area contributed by atoms with Crippen LogP contribution < -0.4 is 10.1 Å². The fourth-order valence-corrected chi connectivity index (χ4v) is 3.93. The summed E-state index contributed by atoms with van der Waals surface area (Å²) in [6.07, 6.45) is 3.79. The topological polar surface area (TPSA) is 58.6 Å². The normalized spacial score (nSPS) is 21.1. The lowest BCUT2D eigenvalue weighted by Crippen LogP contribution is -2.53. The average Bonchev–Trinajstić information content (AvgIpc) is 2.63. The van der Waals surface area contributed by atoms with E-state index in [0.717, 1.165) is 25.3 Å². The Morgan fingerprint density at radius 2 is 1.88 bits per heavy atom. The van der Waals surface area contributed by atoms with Crippen molar-refractivity contribution in [2.75, 3.05) is 31.7 Å². The molecule has 0 saturated carbocycles. The Morgan fingerprint density at radius 3 is 2.50 bits per heavy atom. The zero-order chi connectivity index (χ0) is 18.9. The first-order valence-corrected chi connectivity index (χ1v) is 10.6. The predicted molar refractivity (Wildman–Crippen MR) is 106 cm³/mol. The molecule has 0 aliphatic carbocycles. The van der Waals surface area contributed by atoms with Crippen molar-refractivity contribution in [3.63, 3.8) is 0 Å². The van der Waals surface area contributed by atoms with Gasteiger partial charge in [-0.15, -0.1) is 0 Å². The van der Waals surface area contributed by atoms with Gasteiger partial charge in [0.05, 0.1) is 0 Å². The molecule has 1 aliphatic heterocycles. The Labute approximate surface area is 160 Å². The lowest BCUT2D eigenvalue weighted by atomic mass is 9.91. The number of hydrogen-bond acceptors (Lipinski definition) is 4. The van der Waals surface area contributed by atoms with Gasteiger partial charge >= 0.3 is 0 Å². The van der Waals surface area contributed by atoms with Gasteiger partial charge < -0.3 is 15.0 Å². The number of likely N-dealkylation sites (tertiary alicyclic amines) is 1. The monoisotopic (exact) mass is 378 g/mol. The molecule has 1 aliphatic rings. The molecule has 6 heteroatoms. The maximum atomic E-state index is 13.0. The van der Waals surface area contributed by atoms with Gasteiger partial charge in [-0.05, 0) is 48.8 Å². The number of benzene rings is 1. The molecule has 0 bridgehead atoms. The molecule has 144 valence electrons. The molecule has 2 rings (SSSR count). The fourth-order valence-electron chi connectivity index (χ4n) is 3.46. The van der Waals surface area contributed by atoms with E-state index >= 15 is 0 Å². The van der Waals surface area contributed by atoms with Crippen molar-refractivity contribution in [3.8, 4) is 5.75 Å². The minimum Gasteiger partial charge on any atom is -0.484 e. The van der Waals surface area contributed by atoms with Crippen LogP contribution in [0.4, 0.5) is 0 Å². The summed E-state index contributed by atoms with van der Waals surface area (Å²) in [5.74, 6) is 2.25. The van der Waals surface area contributed by atoms with Crippen molar-refractivity contribution >= 4 is 23.6 Å². The maximum absolute atomic E-state index is 13.0.